The van der Waals surface area contributed by atoms with Gasteiger partial charge in [-0.15, -0.1) is 0 Å². The third-order valence-corrected chi connectivity index (χ3v) is 5.40. The maximum Gasteiger partial charge on any atom is 0.303 e. The number of amides is 1. The summed E-state index contributed by atoms with van der Waals surface area (Å²) in [5.41, 5.74) is 0. The lowest BCUT2D eigenvalue weighted by atomic mass is 10.0. The molecule has 4 heteroatoms. The summed E-state index contributed by atoms with van der Waals surface area (Å²) < 4.78 is 0. The molecule has 0 rings (SSSR count). The van der Waals surface area contributed by atoms with Crippen molar-refractivity contribution in [1.29, 1.82) is 0 Å². The Kier molecular flexibility index (Phi) is 21.4. The molecule has 0 saturated carbocycles. The van der Waals surface area contributed by atoms with E-state index in [9.17, 15) is 9.59 Å². The van der Waals surface area contributed by atoms with Crippen molar-refractivity contribution in [1.82, 2.24) is 5.32 Å². The topological polar surface area (TPSA) is 66.4 Å². The molecule has 0 aromatic carbocycles. The summed E-state index contributed by atoms with van der Waals surface area (Å²) in [6.07, 6.45) is 24.0. The van der Waals surface area contributed by atoms with E-state index in [1.54, 1.807) is 0 Å². The Hall–Kier alpha value is -1.06. The summed E-state index contributed by atoms with van der Waals surface area (Å²) in [5, 5.41) is 11.3. The smallest absolute Gasteiger partial charge is 0.303 e. The minimum absolute atomic E-state index is 0.0614. The molecule has 4 nitrogen and oxygen atoms in total. The molecule has 0 aliphatic carbocycles. The highest BCUT2D eigenvalue weighted by Crippen LogP contribution is 2.14. The van der Waals surface area contributed by atoms with Crippen LogP contribution in [0.15, 0.2) is 0 Å². The Morgan fingerprint density at radius 2 is 0.964 bits per heavy atom. The molecule has 0 aliphatic heterocycles. The molecule has 0 bridgehead atoms. The predicted octanol–water partition coefficient (Wildman–Crippen LogP) is 7.01. The van der Waals surface area contributed by atoms with E-state index in [1.165, 1.54) is 96.3 Å². The van der Waals surface area contributed by atoms with Crippen molar-refractivity contribution in [2.45, 2.75) is 135 Å². The maximum absolute atomic E-state index is 11.6. The number of carboxylic acid groups (broad SMARTS) is 1. The average Bonchev–Trinajstić information content (AvgIpc) is 2.67. The van der Waals surface area contributed by atoms with Crippen LogP contribution in [0.2, 0.25) is 0 Å². The molecule has 0 saturated heterocycles. The van der Waals surface area contributed by atoms with Gasteiger partial charge in [0.1, 0.15) is 0 Å². The molecule has 0 aromatic rings. The van der Waals surface area contributed by atoms with Crippen LogP contribution in [-0.2, 0) is 9.59 Å². The molecule has 0 atom stereocenters. The number of rotatable bonds is 22. The Bertz CT molecular complexity index is 358. The fraction of sp³-hybridized carbons (Fsp3) is 0.917. The highest BCUT2D eigenvalue weighted by Gasteiger charge is 2.02. The molecule has 2 N–H and O–H groups in total. The highest BCUT2D eigenvalue weighted by atomic mass is 16.4. The summed E-state index contributed by atoms with van der Waals surface area (Å²) in [6.45, 7) is 2.75. The van der Waals surface area contributed by atoms with Gasteiger partial charge in [-0.3, -0.25) is 9.59 Å². The van der Waals surface area contributed by atoms with Crippen LogP contribution in [0.1, 0.15) is 135 Å². The zero-order chi connectivity index (χ0) is 20.7. The van der Waals surface area contributed by atoms with E-state index in [0.717, 1.165) is 12.8 Å². The van der Waals surface area contributed by atoms with Crippen LogP contribution in [0.25, 0.3) is 0 Å². The fourth-order valence-electron chi connectivity index (χ4n) is 3.57. The van der Waals surface area contributed by atoms with E-state index in [4.69, 9.17) is 5.11 Å². The molecule has 0 aromatic heterocycles. The second-order valence-corrected chi connectivity index (χ2v) is 8.25. The van der Waals surface area contributed by atoms with E-state index < -0.39 is 5.97 Å². The number of aliphatic carboxylic acids is 1. The van der Waals surface area contributed by atoms with Gasteiger partial charge in [0.2, 0.25) is 5.91 Å². The molecule has 0 aliphatic rings. The van der Waals surface area contributed by atoms with E-state index in [-0.39, 0.29) is 12.3 Å². The summed E-state index contributed by atoms with van der Waals surface area (Å²) in [7, 11) is 0. The van der Waals surface area contributed by atoms with E-state index in [1.807, 2.05) is 0 Å². The van der Waals surface area contributed by atoms with Gasteiger partial charge < -0.3 is 10.4 Å². The minimum atomic E-state index is -0.803. The minimum Gasteiger partial charge on any atom is -0.481 e. The zero-order valence-corrected chi connectivity index (χ0v) is 18.6. The maximum atomic E-state index is 11.6. The van der Waals surface area contributed by atoms with Crippen molar-refractivity contribution in [3.8, 4) is 0 Å². The van der Waals surface area contributed by atoms with Gasteiger partial charge >= 0.3 is 5.97 Å². The molecule has 0 fully saturated rings. The van der Waals surface area contributed by atoms with Crippen LogP contribution >= 0.6 is 0 Å². The quantitative estimate of drug-likeness (QED) is 0.193. The summed E-state index contributed by atoms with van der Waals surface area (Å²) in [5.74, 6) is -0.742. The number of carbonyl (C=O) groups is 2. The normalized spacial score (nSPS) is 10.9. The van der Waals surface area contributed by atoms with Crippen LogP contribution in [0, 0.1) is 0 Å². The number of carbonyl (C=O) groups excluding carboxylic acids is 1. The SMILES string of the molecule is CCCCCCCCCCCCCCCCCCCC(=O)NCCCC(=O)O. The molecular weight excluding hydrogens is 350 g/mol. The summed E-state index contributed by atoms with van der Waals surface area (Å²) >= 11 is 0. The summed E-state index contributed by atoms with van der Waals surface area (Å²) in [4.78, 5) is 22.0. The van der Waals surface area contributed by atoms with Gasteiger partial charge in [0, 0.05) is 19.4 Å². The number of hydrogen-bond acceptors (Lipinski definition) is 2. The zero-order valence-electron chi connectivity index (χ0n) is 18.6. The first-order chi connectivity index (χ1) is 13.7. The average molecular weight is 398 g/mol. The lowest BCUT2D eigenvalue weighted by molar-refractivity contribution is -0.137. The van der Waals surface area contributed by atoms with Crippen LogP contribution in [-0.4, -0.2) is 23.5 Å². The van der Waals surface area contributed by atoms with Gasteiger partial charge in [-0.05, 0) is 12.8 Å². The summed E-state index contributed by atoms with van der Waals surface area (Å²) in [6, 6.07) is 0. The van der Waals surface area contributed by atoms with Gasteiger partial charge in [-0.2, -0.15) is 0 Å². The van der Waals surface area contributed by atoms with Crippen LogP contribution in [0.3, 0.4) is 0 Å². The largest absolute Gasteiger partial charge is 0.481 e. The molecule has 0 spiro atoms. The molecule has 1 amide bonds. The molecule has 0 radical (unpaired) electrons. The first-order valence-corrected chi connectivity index (χ1v) is 12.1. The first-order valence-electron chi connectivity index (χ1n) is 12.1. The van der Waals surface area contributed by atoms with Crippen molar-refractivity contribution >= 4 is 11.9 Å². The Morgan fingerprint density at radius 1 is 0.571 bits per heavy atom. The van der Waals surface area contributed by atoms with Gasteiger partial charge in [-0.1, -0.05) is 110 Å². The highest BCUT2D eigenvalue weighted by molar-refractivity contribution is 5.75. The molecule has 28 heavy (non-hydrogen) atoms. The molecule has 0 unspecified atom stereocenters. The number of carboxylic acids is 1. The fourth-order valence-corrected chi connectivity index (χ4v) is 3.57. The third kappa shape index (κ3) is 23.0. The Balaban J connectivity index is 3.11. The Morgan fingerprint density at radius 3 is 1.36 bits per heavy atom. The van der Waals surface area contributed by atoms with Crippen molar-refractivity contribution in [2.24, 2.45) is 0 Å². The number of unbranched alkanes of at least 4 members (excludes halogenated alkanes) is 16. The Labute approximate surface area is 174 Å². The molecule has 166 valence electrons. The van der Waals surface area contributed by atoms with Crippen molar-refractivity contribution in [2.75, 3.05) is 6.54 Å². The van der Waals surface area contributed by atoms with Crippen LogP contribution in [0.5, 0.6) is 0 Å². The van der Waals surface area contributed by atoms with E-state index >= 15 is 0 Å². The van der Waals surface area contributed by atoms with Gasteiger partial charge in [0.15, 0.2) is 0 Å². The van der Waals surface area contributed by atoms with Gasteiger partial charge in [0.25, 0.3) is 0 Å². The lowest BCUT2D eigenvalue weighted by Gasteiger charge is -2.05. The monoisotopic (exact) mass is 397 g/mol. The van der Waals surface area contributed by atoms with E-state index in [0.29, 0.717) is 19.4 Å². The third-order valence-electron chi connectivity index (χ3n) is 5.40. The number of hydrogen-bond donors (Lipinski definition) is 2. The van der Waals surface area contributed by atoms with Gasteiger partial charge in [0.05, 0.1) is 0 Å². The first kappa shape index (κ1) is 26.9. The lowest BCUT2D eigenvalue weighted by Crippen LogP contribution is -2.24. The predicted molar refractivity (Wildman–Crippen MR) is 119 cm³/mol. The second-order valence-electron chi connectivity index (χ2n) is 8.25. The number of nitrogens with one attached hydrogen (secondary N) is 1. The van der Waals surface area contributed by atoms with E-state index in [2.05, 4.69) is 12.2 Å². The molecule has 0 heterocycles. The molecular formula is C24H47NO3. The standard InChI is InChI=1S/C24H47NO3/c1-2-3-4-5-6-7-8-9-10-11-12-13-14-15-16-17-18-20-23(26)25-22-19-21-24(27)28/h2-22H2,1H3,(H,25,26)(H,27,28). The second kappa shape index (κ2) is 22.2. The van der Waals surface area contributed by atoms with Gasteiger partial charge in [-0.25, -0.2) is 0 Å². The van der Waals surface area contributed by atoms with Crippen molar-refractivity contribution in [3.63, 3.8) is 0 Å². The van der Waals surface area contributed by atoms with Crippen LogP contribution in [0.4, 0.5) is 0 Å². The van der Waals surface area contributed by atoms with Crippen molar-refractivity contribution < 1.29 is 14.7 Å². The van der Waals surface area contributed by atoms with Crippen LogP contribution < -0.4 is 5.32 Å². The van der Waals surface area contributed by atoms with Crippen molar-refractivity contribution in [3.05, 3.63) is 0 Å².